The van der Waals surface area contributed by atoms with Gasteiger partial charge in [0.05, 0.1) is 22.1 Å². The summed E-state index contributed by atoms with van der Waals surface area (Å²) in [6.45, 7) is 0.520. The second-order valence-corrected chi connectivity index (χ2v) is 6.95. The van der Waals surface area contributed by atoms with Gasteiger partial charge in [0.1, 0.15) is 0 Å². The summed E-state index contributed by atoms with van der Waals surface area (Å²) in [4.78, 5) is 25.0. The van der Waals surface area contributed by atoms with Crippen molar-refractivity contribution < 1.29 is 27.9 Å². The van der Waals surface area contributed by atoms with E-state index in [-0.39, 0.29) is 0 Å². The van der Waals surface area contributed by atoms with Crippen LogP contribution in [0.1, 0.15) is 17.7 Å². The molecule has 1 aromatic rings. The van der Waals surface area contributed by atoms with Gasteiger partial charge in [0.2, 0.25) is 5.91 Å². The van der Waals surface area contributed by atoms with Crippen LogP contribution >= 0.6 is 22.9 Å². The van der Waals surface area contributed by atoms with Crippen LogP contribution in [-0.2, 0) is 9.59 Å². The molecule has 1 aromatic heterocycles. The maximum absolute atomic E-state index is 12.9. The van der Waals surface area contributed by atoms with Gasteiger partial charge in [-0.1, -0.05) is 11.6 Å². The number of nitrogens with zero attached hydrogens (tertiary/aromatic N) is 1. The van der Waals surface area contributed by atoms with Crippen molar-refractivity contribution in [2.75, 3.05) is 13.1 Å². The highest BCUT2D eigenvalue weighted by Crippen LogP contribution is 2.39. The lowest BCUT2D eigenvalue weighted by atomic mass is 9.96. The molecule has 122 valence electrons. The van der Waals surface area contributed by atoms with E-state index in [1.807, 2.05) is 0 Å². The number of aliphatic carboxylic acids is 1. The minimum absolute atomic E-state index is 0.429. The molecule has 0 bridgehead atoms. The monoisotopic (exact) mass is 355 g/mol. The van der Waals surface area contributed by atoms with E-state index >= 15 is 0 Å². The van der Waals surface area contributed by atoms with Crippen LogP contribution in [0.5, 0.6) is 0 Å². The number of hydrogen-bond acceptors (Lipinski definition) is 3. The SMILES string of the molecule is CC(C(=O)N1C[C@@H](C(F)(F)F)[C@H](C(=O)O)C1)c1ccc(Cl)s1. The quantitative estimate of drug-likeness (QED) is 0.905. The Hall–Kier alpha value is -1.28. The molecule has 2 rings (SSSR count). The summed E-state index contributed by atoms with van der Waals surface area (Å²) < 4.78 is 39.2. The molecule has 0 saturated carbocycles. The van der Waals surface area contributed by atoms with Crippen LogP contribution in [0.15, 0.2) is 12.1 Å². The van der Waals surface area contributed by atoms with Crippen LogP contribution in [0.3, 0.4) is 0 Å². The van der Waals surface area contributed by atoms with E-state index in [0.717, 1.165) is 4.90 Å². The Morgan fingerprint density at radius 2 is 2.05 bits per heavy atom. The number of thiophene rings is 1. The molecule has 3 atom stereocenters. The number of amides is 1. The first kappa shape index (κ1) is 17.1. The molecule has 2 heterocycles. The van der Waals surface area contributed by atoms with Gasteiger partial charge in [-0.05, 0) is 19.1 Å². The summed E-state index contributed by atoms with van der Waals surface area (Å²) in [5, 5.41) is 8.95. The van der Waals surface area contributed by atoms with E-state index < -0.39 is 48.9 Å². The fraction of sp³-hybridized carbons (Fsp3) is 0.538. The maximum atomic E-state index is 12.9. The molecule has 0 radical (unpaired) electrons. The van der Waals surface area contributed by atoms with E-state index in [2.05, 4.69) is 0 Å². The molecule has 1 amide bonds. The smallest absolute Gasteiger partial charge is 0.394 e. The summed E-state index contributed by atoms with van der Waals surface area (Å²) in [5.74, 6) is -6.36. The van der Waals surface area contributed by atoms with Crippen LogP contribution in [-0.4, -0.2) is 41.1 Å². The highest BCUT2D eigenvalue weighted by Gasteiger charge is 2.53. The predicted molar refractivity (Wildman–Crippen MR) is 75.0 cm³/mol. The molecule has 1 saturated heterocycles. The summed E-state index contributed by atoms with van der Waals surface area (Å²) in [7, 11) is 0. The number of carboxylic acids is 1. The van der Waals surface area contributed by atoms with Crippen LogP contribution in [0.25, 0.3) is 0 Å². The lowest BCUT2D eigenvalue weighted by Gasteiger charge is -2.21. The van der Waals surface area contributed by atoms with E-state index in [0.29, 0.717) is 9.21 Å². The topological polar surface area (TPSA) is 57.6 Å². The molecule has 1 N–H and O–H groups in total. The Morgan fingerprint density at radius 3 is 2.45 bits per heavy atom. The second-order valence-electron chi connectivity index (χ2n) is 5.20. The third kappa shape index (κ3) is 3.38. The Morgan fingerprint density at radius 1 is 1.41 bits per heavy atom. The van der Waals surface area contributed by atoms with Gasteiger partial charge < -0.3 is 10.0 Å². The fourth-order valence-electron chi connectivity index (χ4n) is 2.52. The van der Waals surface area contributed by atoms with Gasteiger partial charge in [0.15, 0.2) is 0 Å². The van der Waals surface area contributed by atoms with Crippen LogP contribution in [0.4, 0.5) is 13.2 Å². The predicted octanol–water partition coefficient (Wildman–Crippen LogP) is 3.23. The normalized spacial score (nSPS) is 23.6. The molecule has 1 aliphatic rings. The number of alkyl halides is 3. The van der Waals surface area contributed by atoms with Gasteiger partial charge in [0, 0.05) is 18.0 Å². The summed E-state index contributed by atoms with van der Waals surface area (Å²) in [6, 6.07) is 3.25. The number of halogens is 4. The van der Waals surface area contributed by atoms with Crippen molar-refractivity contribution >= 4 is 34.8 Å². The number of rotatable bonds is 3. The first-order valence-corrected chi connectivity index (χ1v) is 7.64. The lowest BCUT2D eigenvalue weighted by molar-refractivity contribution is -0.188. The van der Waals surface area contributed by atoms with Crippen LogP contribution in [0.2, 0.25) is 4.34 Å². The van der Waals surface area contributed by atoms with Crippen LogP contribution in [0, 0.1) is 11.8 Å². The average molecular weight is 356 g/mol. The van der Waals surface area contributed by atoms with Gasteiger partial charge in [-0.25, -0.2) is 0 Å². The lowest BCUT2D eigenvalue weighted by Crippen LogP contribution is -2.34. The maximum Gasteiger partial charge on any atom is 0.394 e. The van der Waals surface area contributed by atoms with Crippen molar-refractivity contribution in [1.82, 2.24) is 4.90 Å². The molecular formula is C13H13ClF3NO3S. The van der Waals surface area contributed by atoms with E-state index in [4.69, 9.17) is 16.7 Å². The zero-order chi connectivity index (χ0) is 16.7. The molecular weight excluding hydrogens is 343 g/mol. The highest BCUT2D eigenvalue weighted by molar-refractivity contribution is 7.16. The highest BCUT2D eigenvalue weighted by atomic mass is 35.5. The molecule has 1 fully saturated rings. The fourth-order valence-corrected chi connectivity index (χ4v) is 3.63. The van der Waals surface area contributed by atoms with Gasteiger partial charge in [0.25, 0.3) is 0 Å². The largest absolute Gasteiger partial charge is 0.481 e. The standard InChI is InChI=1S/C13H13ClF3NO3S/c1-6(9-2-3-10(14)22-9)11(19)18-4-7(12(20)21)8(5-18)13(15,16)17/h2-3,6-8H,4-5H2,1H3,(H,20,21)/t6?,7-,8-/m1/s1. The summed E-state index contributed by atoms with van der Waals surface area (Å²) in [5.41, 5.74) is 0. The van der Waals surface area contributed by atoms with Gasteiger partial charge >= 0.3 is 12.1 Å². The second kappa shape index (κ2) is 6.08. The third-order valence-electron chi connectivity index (χ3n) is 3.76. The zero-order valence-corrected chi connectivity index (χ0v) is 13.0. The molecule has 1 unspecified atom stereocenters. The molecule has 0 spiro atoms. The van der Waals surface area contributed by atoms with Crippen molar-refractivity contribution in [3.05, 3.63) is 21.3 Å². The third-order valence-corrected chi connectivity index (χ3v) is 5.17. The van der Waals surface area contributed by atoms with Crippen molar-refractivity contribution in [2.24, 2.45) is 11.8 Å². The molecule has 0 aromatic carbocycles. The van der Waals surface area contributed by atoms with E-state index in [1.54, 1.807) is 19.1 Å². The minimum Gasteiger partial charge on any atom is -0.481 e. The minimum atomic E-state index is -4.65. The molecule has 4 nitrogen and oxygen atoms in total. The number of carboxylic acid groups (broad SMARTS) is 1. The van der Waals surface area contributed by atoms with Crippen molar-refractivity contribution in [1.29, 1.82) is 0 Å². The zero-order valence-electron chi connectivity index (χ0n) is 11.4. The molecule has 22 heavy (non-hydrogen) atoms. The average Bonchev–Trinajstić information content (AvgIpc) is 3.02. The number of carbonyl (C=O) groups is 2. The van der Waals surface area contributed by atoms with Crippen molar-refractivity contribution in [2.45, 2.75) is 19.0 Å². The van der Waals surface area contributed by atoms with E-state index in [1.165, 1.54) is 11.3 Å². The number of carbonyl (C=O) groups excluding carboxylic acids is 1. The van der Waals surface area contributed by atoms with Gasteiger partial charge in [-0.3, -0.25) is 9.59 Å². The Labute approximate surface area is 133 Å². The molecule has 0 aliphatic carbocycles. The van der Waals surface area contributed by atoms with Gasteiger partial charge in [-0.2, -0.15) is 13.2 Å². The van der Waals surface area contributed by atoms with Gasteiger partial charge in [-0.15, -0.1) is 11.3 Å². The molecule has 9 heteroatoms. The first-order chi connectivity index (χ1) is 10.1. The van der Waals surface area contributed by atoms with Crippen molar-refractivity contribution in [3.63, 3.8) is 0 Å². The molecule has 1 aliphatic heterocycles. The van der Waals surface area contributed by atoms with E-state index in [9.17, 15) is 22.8 Å². The van der Waals surface area contributed by atoms with Crippen LogP contribution < -0.4 is 0 Å². The Balaban J connectivity index is 2.16. The number of likely N-dealkylation sites (tertiary alicyclic amines) is 1. The van der Waals surface area contributed by atoms with Crippen molar-refractivity contribution in [3.8, 4) is 0 Å². The summed E-state index contributed by atoms with van der Waals surface area (Å²) in [6.07, 6.45) is -4.65. The summed E-state index contributed by atoms with van der Waals surface area (Å²) >= 11 is 6.96. The first-order valence-electron chi connectivity index (χ1n) is 6.44. The Bertz CT molecular complexity index is 589. The Kier molecular flexibility index (Phi) is 4.72. The number of hydrogen-bond donors (Lipinski definition) is 1.